The highest BCUT2D eigenvalue weighted by Gasteiger charge is 2.07. The second-order valence-corrected chi connectivity index (χ2v) is 5.77. The van der Waals surface area contributed by atoms with E-state index in [9.17, 15) is 4.79 Å². The molecule has 0 aliphatic rings. The summed E-state index contributed by atoms with van der Waals surface area (Å²) in [5.74, 6) is 1.24. The summed E-state index contributed by atoms with van der Waals surface area (Å²) in [5, 5.41) is 6.03. The van der Waals surface area contributed by atoms with Crippen LogP contribution in [0.2, 0.25) is 0 Å². The van der Waals surface area contributed by atoms with Crippen LogP contribution in [0.3, 0.4) is 0 Å². The molecule has 0 fully saturated rings. The predicted molar refractivity (Wildman–Crippen MR) is 96.0 cm³/mol. The Balaban J connectivity index is 1.63. The molecule has 0 bridgehead atoms. The van der Waals surface area contributed by atoms with Crippen LogP contribution in [0.25, 0.3) is 0 Å². The molecule has 128 valence electrons. The van der Waals surface area contributed by atoms with Crippen molar-refractivity contribution >= 4 is 17.5 Å². The largest absolute Gasteiger partial charge is 0.469 e. The average molecular weight is 336 g/mol. The van der Waals surface area contributed by atoms with E-state index in [2.05, 4.69) is 20.6 Å². The van der Waals surface area contributed by atoms with Crippen molar-refractivity contribution < 1.29 is 9.21 Å². The molecule has 6 nitrogen and oxygen atoms in total. The first-order valence-corrected chi connectivity index (χ1v) is 8.10. The van der Waals surface area contributed by atoms with E-state index >= 15 is 0 Å². The van der Waals surface area contributed by atoms with E-state index in [1.807, 2.05) is 44.2 Å². The Morgan fingerprint density at radius 2 is 1.88 bits per heavy atom. The number of hydrogen-bond acceptors (Lipinski definition) is 5. The second-order valence-electron chi connectivity index (χ2n) is 5.77. The molecule has 0 radical (unpaired) electrons. The number of carbonyl (C=O) groups excluding carboxylic acids is 1. The number of hydrogen-bond donors (Lipinski definition) is 2. The summed E-state index contributed by atoms with van der Waals surface area (Å²) in [6.07, 6.45) is 2.29. The third kappa shape index (κ3) is 4.67. The lowest BCUT2D eigenvalue weighted by Crippen LogP contribution is -2.25. The smallest absolute Gasteiger partial charge is 0.251 e. The van der Waals surface area contributed by atoms with Crippen molar-refractivity contribution in [3.8, 4) is 0 Å². The standard InChI is InChI=1S/C19H20N4O2/c1-13-11-14(2)22-19(21-13)23-16-6-3-5-15(12-16)18(24)20-9-8-17-7-4-10-25-17/h3-7,10-12H,8-9H2,1-2H3,(H,20,24)(H,21,22,23). The summed E-state index contributed by atoms with van der Waals surface area (Å²) in [6, 6.07) is 12.9. The first-order valence-electron chi connectivity index (χ1n) is 8.10. The summed E-state index contributed by atoms with van der Waals surface area (Å²) >= 11 is 0. The highest BCUT2D eigenvalue weighted by molar-refractivity contribution is 5.95. The van der Waals surface area contributed by atoms with Crippen molar-refractivity contribution in [2.75, 3.05) is 11.9 Å². The van der Waals surface area contributed by atoms with E-state index in [0.29, 0.717) is 24.5 Å². The maximum absolute atomic E-state index is 12.3. The summed E-state index contributed by atoms with van der Waals surface area (Å²) in [7, 11) is 0. The van der Waals surface area contributed by atoms with Crippen LogP contribution < -0.4 is 10.6 Å². The Bertz CT molecular complexity index is 839. The van der Waals surface area contributed by atoms with Crippen LogP contribution in [0.5, 0.6) is 0 Å². The maximum Gasteiger partial charge on any atom is 0.251 e. The zero-order valence-electron chi connectivity index (χ0n) is 14.2. The molecule has 3 aromatic rings. The van der Waals surface area contributed by atoms with E-state index in [0.717, 1.165) is 22.8 Å². The summed E-state index contributed by atoms with van der Waals surface area (Å²) in [6.45, 7) is 4.36. The van der Waals surface area contributed by atoms with Gasteiger partial charge in [-0.15, -0.1) is 0 Å². The fraction of sp³-hybridized carbons (Fsp3) is 0.211. The van der Waals surface area contributed by atoms with Crippen molar-refractivity contribution in [3.63, 3.8) is 0 Å². The van der Waals surface area contributed by atoms with Crippen LogP contribution >= 0.6 is 0 Å². The average Bonchev–Trinajstić information content (AvgIpc) is 3.07. The van der Waals surface area contributed by atoms with Crippen molar-refractivity contribution in [2.24, 2.45) is 0 Å². The van der Waals surface area contributed by atoms with Crippen LogP contribution in [-0.4, -0.2) is 22.4 Å². The Morgan fingerprint density at radius 1 is 1.08 bits per heavy atom. The molecular formula is C19H20N4O2. The van der Waals surface area contributed by atoms with E-state index in [1.165, 1.54) is 0 Å². The number of furan rings is 1. The number of rotatable bonds is 6. The molecule has 0 unspecified atom stereocenters. The molecule has 2 aromatic heterocycles. The van der Waals surface area contributed by atoms with Gasteiger partial charge in [0.2, 0.25) is 5.95 Å². The monoisotopic (exact) mass is 336 g/mol. The SMILES string of the molecule is Cc1cc(C)nc(Nc2cccc(C(=O)NCCc3ccco3)c2)n1. The third-order valence-corrected chi connectivity index (χ3v) is 3.60. The molecule has 2 N–H and O–H groups in total. The number of benzene rings is 1. The van der Waals surface area contributed by atoms with Crippen LogP contribution in [-0.2, 0) is 6.42 Å². The molecule has 0 atom stereocenters. The van der Waals surface area contributed by atoms with Crippen LogP contribution in [0.1, 0.15) is 27.5 Å². The van der Waals surface area contributed by atoms with Crippen molar-refractivity contribution in [3.05, 3.63) is 71.4 Å². The van der Waals surface area contributed by atoms with Gasteiger partial charge in [0, 0.05) is 35.6 Å². The molecule has 1 amide bonds. The number of nitrogens with zero attached hydrogens (tertiary/aromatic N) is 2. The first-order chi connectivity index (χ1) is 12.1. The van der Waals surface area contributed by atoms with Crippen molar-refractivity contribution in [2.45, 2.75) is 20.3 Å². The third-order valence-electron chi connectivity index (χ3n) is 3.60. The maximum atomic E-state index is 12.3. The number of amides is 1. The summed E-state index contributed by atoms with van der Waals surface area (Å²) < 4.78 is 5.25. The lowest BCUT2D eigenvalue weighted by atomic mass is 10.2. The van der Waals surface area contributed by atoms with E-state index in [-0.39, 0.29) is 5.91 Å². The highest BCUT2D eigenvalue weighted by Crippen LogP contribution is 2.15. The van der Waals surface area contributed by atoms with E-state index < -0.39 is 0 Å². The van der Waals surface area contributed by atoms with Crippen LogP contribution in [0, 0.1) is 13.8 Å². The van der Waals surface area contributed by atoms with Gasteiger partial charge in [0.15, 0.2) is 0 Å². The fourth-order valence-electron chi connectivity index (χ4n) is 2.51. The topological polar surface area (TPSA) is 80.0 Å². The Hall–Kier alpha value is -3.15. The van der Waals surface area contributed by atoms with Gasteiger partial charge in [-0.05, 0) is 50.2 Å². The lowest BCUT2D eigenvalue weighted by Gasteiger charge is -2.09. The van der Waals surface area contributed by atoms with Gasteiger partial charge in [-0.1, -0.05) is 6.07 Å². The number of carbonyl (C=O) groups is 1. The zero-order chi connectivity index (χ0) is 17.6. The molecule has 2 heterocycles. The van der Waals surface area contributed by atoms with Gasteiger partial charge in [-0.2, -0.15) is 0 Å². The number of anilines is 2. The molecule has 0 spiro atoms. The fourth-order valence-corrected chi connectivity index (χ4v) is 2.51. The molecule has 25 heavy (non-hydrogen) atoms. The van der Waals surface area contributed by atoms with Gasteiger partial charge in [0.05, 0.1) is 6.26 Å². The minimum atomic E-state index is -0.128. The Kier molecular flexibility index (Phi) is 5.09. The van der Waals surface area contributed by atoms with Gasteiger partial charge >= 0.3 is 0 Å². The minimum absolute atomic E-state index is 0.128. The van der Waals surface area contributed by atoms with Gasteiger partial charge in [-0.25, -0.2) is 9.97 Å². The van der Waals surface area contributed by atoms with Gasteiger partial charge in [-0.3, -0.25) is 4.79 Å². The number of aromatic nitrogens is 2. The zero-order valence-corrected chi connectivity index (χ0v) is 14.2. The van der Waals surface area contributed by atoms with Crippen LogP contribution in [0.15, 0.2) is 53.1 Å². The molecule has 0 saturated heterocycles. The van der Waals surface area contributed by atoms with E-state index in [1.54, 1.807) is 18.4 Å². The van der Waals surface area contributed by atoms with Gasteiger partial charge in [0.1, 0.15) is 5.76 Å². The number of aryl methyl sites for hydroxylation is 2. The van der Waals surface area contributed by atoms with E-state index in [4.69, 9.17) is 4.42 Å². The van der Waals surface area contributed by atoms with Crippen molar-refractivity contribution in [1.82, 2.24) is 15.3 Å². The second kappa shape index (κ2) is 7.61. The number of nitrogens with one attached hydrogen (secondary N) is 2. The van der Waals surface area contributed by atoms with Crippen molar-refractivity contribution in [1.29, 1.82) is 0 Å². The first kappa shape index (κ1) is 16.7. The molecular weight excluding hydrogens is 316 g/mol. The molecule has 3 rings (SSSR count). The molecule has 0 aliphatic carbocycles. The summed E-state index contributed by atoms with van der Waals surface area (Å²) in [5.41, 5.74) is 3.13. The van der Waals surface area contributed by atoms with Crippen LogP contribution in [0.4, 0.5) is 11.6 Å². The summed E-state index contributed by atoms with van der Waals surface area (Å²) in [4.78, 5) is 21.0. The minimum Gasteiger partial charge on any atom is -0.469 e. The Labute approximate surface area is 146 Å². The molecule has 0 saturated carbocycles. The lowest BCUT2D eigenvalue weighted by molar-refractivity contribution is 0.0953. The highest BCUT2D eigenvalue weighted by atomic mass is 16.3. The Morgan fingerprint density at radius 3 is 2.60 bits per heavy atom. The normalized spacial score (nSPS) is 10.5. The van der Waals surface area contributed by atoms with Gasteiger partial charge < -0.3 is 15.1 Å². The molecule has 0 aliphatic heterocycles. The van der Waals surface area contributed by atoms with Gasteiger partial charge in [0.25, 0.3) is 5.91 Å². The quantitative estimate of drug-likeness (QED) is 0.721. The predicted octanol–water partition coefficient (Wildman–Crippen LogP) is 3.40. The molecule has 6 heteroatoms. The molecule has 1 aromatic carbocycles.